The fourth-order valence-electron chi connectivity index (χ4n) is 1.63. The van der Waals surface area contributed by atoms with E-state index in [-0.39, 0.29) is 16.9 Å². The van der Waals surface area contributed by atoms with Crippen LogP contribution in [0.15, 0.2) is 29.6 Å². The topological polar surface area (TPSA) is 89.0 Å². The molecule has 1 heterocycles. The molecule has 0 saturated heterocycles. The van der Waals surface area contributed by atoms with Crippen molar-refractivity contribution in [2.75, 3.05) is 11.6 Å². The first-order chi connectivity index (χ1) is 10.2. The van der Waals surface area contributed by atoms with Gasteiger partial charge in [0, 0.05) is 18.5 Å². The third-order valence-corrected chi connectivity index (χ3v) is 3.57. The Morgan fingerprint density at radius 2 is 1.95 bits per heavy atom. The van der Waals surface area contributed by atoms with Gasteiger partial charge in [-0.2, -0.15) is 0 Å². The van der Waals surface area contributed by atoms with E-state index in [1.165, 1.54) is 6.92 Å². The number of rotatable bonds is 3. The first-order valence-corrected chi connectivity index (χ1v) is 7.87. The second-order valence-corrected chi connectivity index (χ2v) is 6.41. The van der Waals surface area contributed by atoms with E-state index in [1.807, 2.05) is 0 Å². The lowest BCUT2D eigenvalue weighted by Gasteiger charge is -2.08. The number of amides is 1. The van der Waals surface area contributed by atoms with Gasteiger partial charge in [-0.3, -0.25) is 4.79 Å². The predicted octanol–water partition coefficient (Wildman–Crippen LogP) is 1.72. The molecule has 116 valence electrons. The number of carbonyl (C=O) groups is 1. The SMILES string of the molecule is Cc1nc(S(C)(=O)=O)ncc1C(=O)Nc1ccc(F)cc1F. The third kappa shape index (κ3) is 3.42. The Balaban J connectivity index is 2.30. The molecule has 0 atom stereocenters. The lowest BCUT2D eigenvalue weighted by atomic mass is 10.2. The molecule has 0 bridgehead atoms. The second-order valence-electron chi connectivity index (χ2n) is 4.50. The molecule has 6 nitrogen and oxygen atoms in total. The van der Waals surface area contributed by atoms with Crippen LogP contribution in [0.1, 0.15) is 16.1 Å². The molecule has 1 aromatic carbocycles. The fourth-order valence-corrected chi connectivity index (χ4v) is 2.17. The number of benzene rings is 1. The number of aromatic nitrogens is 2. The molecule has 9 heteroatoms. The van der Waals surface area contributed by atoms with E-state index in [0.29, 0.717) is 6.07 Å². The van der Waals surface area contributed by atoms with Gasteiger partial charge in [-0.05, 0) is 19.1 Å². The van der Waals surface area contributed by atoms with E-state index < -0.39 is 32.5 Å². The number of hydrogen-bond donors (Lipinski definition) is 1. The van der Waals surface area contributed by atoms with Crippen molar-refractivity contribution in [1.29, 1.82) is 0 Å². The van der Waals surface area contributed by atoms with Crippen molar-refractivity contribution in [2.45, 2.75) is 12.1 Å². The summed E-state index contributed by atoms with van der Waals surface area (Å²) < 4.78 is 48.9. The maximum Gasteiger partial charge on any atom is 0.259 e. The lowest BCUT2D eigenvalue weighted by Crippen LogP contribution is -2.17. The van der Waals surface area contributed by atoms with Crippen LogP contribution in [0.3, 0.4) is 0 Å². The number of sulfone groups is 1. The van der Waals surface area contributed by atoms with Gasteiger partial charge >= 0.3 is 0 Å². The molecular weight excluding hydrogens is 316 g/mol. The lowest BCUT2D eigenvalue weighted by molar-refractivity contribution is 0.102. The summed E-state index contributed by atoms with van der Waals surface area (Å²) in [6.45, 7) is 1.42. The summed E-state index contributed by atoms with van der Waals surface area (Å²) >= 11 is 0. The molecule has 2 aromatic rings. The van der Waals surface area contributed by atoms with Gasteiger partial charge in [0.2, 0.25) is 15.0 Å². The molecule has 0 aliphatic rings. The molecule has 0 radical (unpaired) electrons. The molecule has 0 fully saturated rings. The largest absolute Gasteiger partial charge is 0.319 e. The van der Waals surface area contributed by atoms with E-state index in [4.69, 9.17) is 0 Å². The predicted molar refractivity (Wildman–Crippen MR) is 74.2 cm³/mol. The van der Waals surface area contributed by atoms with Crippen molar-refractivity contribution in [1.82, 2.24) is 9.97 Å². The summed E-state index contributed by atoms with van der Waals surface area (Å²) in [5.41, 5.74) is -0.107. The average Bonchev–Trinajstić information content (AvgIpc) is 2.40. The van der Waals surface area contributed by atoms with Crippen LogP contribution >= 0.6 is 0 Å². The molecule has 1 amide bonds. The summed E-state index contributed by atoms with van der Waals surface area (Å²) in [6.07, 6.45) is 1.98. The van der Waals surface area contributed by atoms with Crippen molar-refractivity contribution >= 4 is 21.4 Å². The summed E-state index contributed by atoms with van der Waals surface area (Å²) in [6, 6.07) is 2.70. The molecule has 0 aliphatic carbocycles. The number of anilines is 1. The standard InChI is InChI=1S/C13H11F2N3O3S/c1-7-9(6-16-13(17-7)22(2,20)21)12(19)18-11-4-3-8(14)5-10(11)15/h3-6H,1-2H3,(H,18,19). The maximum atomic E-state index is 13.5. The van der Waals surface area contributed by atoms with Gasteiger partial charge in [-0.1, -0.05) is 0 Å². The van der Waals surface area contributed by atoms with Gasteiger partial charge in [-0.15, -0.1) is 0 Å². The van der Waals surface area contributed by atoms with Gasteiger partial charge in [0.15, 0.2) is 0 Å². The Hall–Kier alpha value is -2.42. The molecule has 0 unspecified atom stereocenters. The normalized spacial score (nSPS) is 11.3. The highest BCUT2D eigenvalue weighted by Crippen LogP contribution is 2.17. The zero-order valence-corrected chi connectivity index (χ0v) is 12.4. The molecule has 0 aliphatic heterocycles. The minimum Gasteiger partial charge on any atom is -0.319 e. The smallest absolute Gasteiger partial charge is 0.259 e. The number of aryl methyl sites for hydroxylation is 1. The van der Waals surface area contributed by atoms with Crippen molar-refractivity contribution in [3.05, 3.63) is 47.3 Å². The summed E-state index contributed by atoms with van der Waals surface area (Å²) in [5, 5.41) is 1.83. The molecule has 1 N–H and O–H groups in total. The summed E-state index contributed by atoms with van der Waals surface area (Å²) in [7, 11) is -3.59. The maximum absolute atomic E-state index is 13.5. The van der Waals surface area contributed by atoms with Crippen molar-refractivity contribution in [3.8, 4) is 0 Å². The van der Waals surface area contributed by atoms with Crippen molar-refractivity contribution in [3.63, 3.8) is 0 Å². The molecule has 0 spiro atoms. The Morgan fingerprint density at radius 1 is 1.27 bits per heavy atom. The average molecular weight is 327 g/mol. The van der Waals surface area contributed by atoms with Crippen molar-refractivity contribution in [2.24, 2.45) is 0 Å². The van der Waals surface area contributed by atoms with E-state index in [1.54, 1.807) is 0 Å². The van der Waals surface area contributed by atoms with Gasteiger partial charge in [0.05, 0.1) is 16.9 Å². The second kappa shape index (κ2) is 5.76. The Labute approximate surface area is 125 Å². The van der Waals surface area contributed by atoms with Crippen LogP contribution in [0.5, 0.6) is 0 Å². The summed E-state index contributed by atoms with van der Waals surface area (Å²) in [4.78, 5) is 19.4. The fraction of sp³-hybridized carbons (Fsp3) is 0.154. The number of halogens is 2. The van der Waals surface area contributed by atoms with Crippen LogP contribution in [0.2, 0.25) is 0 Å². The van der Waals surface area contributed by atoms with Crippen molar-refractivity contribution < 1.29 is 22.0 Å². The zero-order chi connectivity index (χ0) is 16.5. The molecule has 2 rings (SSSR count). The number of nitrogens with one attached hydrogen (secondary N) is 1. The van der Waals surface area contributed by atoms with Crippen LogP contribution in [0.4, 0.5) is 14.5 Å². The minimum absolute atomic E-state index is 0.0175. The molecule has 1 aromatic heterocycles. The quantitative estimate of drug-likeness (QED) is 0.867. The van der Waals surface area contributed by atoms with E-state index in [9.17, 15) is 22.0 Å². The number of hydrogen-bond acceptors (Lipinski definition) is 5. The molecular formula is C13H11F2N3O3S. The number of nitrogens with zero attached hydrogens (tertiary/aromatic N) is 2. The van der Waals surface area contributed by atoms with Gasteiger partial charge in [-0.25, -0.2) is 27.2 Å². The minimum atomic E-state index is -3.59. The first kappa shape index (κ1) is 16.0. The Bertz CT molecular complexity index is 854. The van der Waals surface area contributed by atoms with Gasteiger partial charge in [0.1, 0.15) is 11.6 Å². The Kier molecular flexibility index (Phi) is 4.18. The van der Waals surface area contributed by atoms with Crippen LogP contribution in [0.25, 0.3) is 0 Å². The highest BCUT2D eigenvalue weighted by molar-refractivity contribution is 7.90. The number of carbonyl (C=O) groups excluding carboxylic acids is 1. The van der Waals surface area contributed by atoms with Gasteiger partial charge in [0.25, 0.3) is 5.91 Å². The monoisotopic (exact) mass is 327 g/mol. The van der Waals surface area contributed by atoms with Crippen LogP contribution < -0.4 is 5.32 Å². The summed E-state index contributed by atoms with van der Waals surface area (Å²) in [5.74, 6) is -2.43. The molecule has 0 saturated carbocycles. The highest BCUT2D eigenvalue weighted by Gasteiger charge is 2.17. The van der Waals surface area contributed by atoms with E-state index in [2.05, 4.69) is 15.3 Å². The van der Waals surface area contributed by atoms with E-state index in [0.717, 1.165) is 24.6 Å². The highest BCUT2D eigenvalue weighted by atomic mass is 32.2. The molecule has 22 heavy (non-hydrogen) atoms. The van der Waals surface area contributed by atoms with Crippen LogP contribution in [0, 0.1) is 18.6 Å². The first-order valence-electron chi connectivity index (χ1n) is 5.98. The van der Waals surface area contributed by atoms with E-state index >= 15 is 0 Å². The zero-order valence-electron chi connectivity index (χ0n) is 11.6. The van der Waals surface area contributed by atoms with Crippen LogP contribution in [-0.2, 0) is 9.84 Å². The third-order valence-electron chi connectivity index (χ3n) is 2.71. The Morgan fingerprint density at radius 3 is 2.50 bits per heavy atom. The van der Waals surface area contributed by atoms with Crippen LogP contribution in [-0.4, -0.2) is 30.5 Å². The van der Waals surface area contributed by atoms with Gasteiger partial charge < -0.3 is 5.32 Å².